The van der Waals surface area contributed by atoms with Crippen molar-refractivity contribution in [2.45, 2.75) is 6.10 Å². The van der Waals surface area contributed by atoms with Gasteiger partial charge in [-0.05, 0) is 6.07 Å². The first kappa shape index (κ1) is 8.21. The van der Waals surface area contributed by atoms with Gasteiger partial charge in [0.05, 0.1) is 6.54 Å². The smallest absolute Gasteiger partial charge is 0.295 e. The summed E-state index contributed by atoms with van der Waals surface area (Å²) in [4.78, 5) is 16.4. The maximum Gasteiger partial charge on any atom is 0.295 e. The molecule has 2 rings (SSSR count). The normalized spacial score (nSPS) is 22.2. The monoisotopic (exact) mass is 183 g/mol. The van der Waals surface area contributed by atoms with Gasteiger partial charge >= 0.3 is 0 Å². The zero-order valence-corrected chi connectivity index (χ0v) is 6.80. The van der Waals surface area contributed by atoms with E-state index in [0.29, 0.717) is 5.69 Å². The summed E-state index contributed by atoms with van der Waals surface area (Å²) in [5.41, 5.74) is 0.356. The van der Waals surface area contributed by atoms with E-state index in [2.05, 4.69) is 10.2 Å². The molecule has 1 atom stereocenters. The lowest BCUT2D eigenvalue weighted by atomic mass is 10.3. The number of rotatable bonds is 1. The zero-order valence-electron chi connectivity index (χ0n) is 6.80. The Morgan fingerprint density at radius 1 is 1.85 bits per heavy atom. The third kappa shape index (κ3) is 1.53. The SMILES string of the molecule is O=C(c1ccn[nH]1)N1C[C@@H](O)CO1. The van der Waals surface area contributed by atoms with Crippen LogP contribution in [-0.2, 0) is 4.84 Å². The first-order chi connectivity index (χ1) is 6.27. The molecule has 70 valence electrons. The Bertz CT molecular complexity index is 298. The van der Waals surface area contributed by atoms with Crippen LogP contribution in [0.25, 0.3) is 0 Å². The largest absolute Gasteiger partial charge is 0.389 e. The molecule has 2 N–H and O–H groups in total. The molecule has 0 aliphatic carbocycles. The highest BCUT2D eigenvalue weighted by molar-refractivity contribution is 5.91. The van der Waals surface area contributed by atoms with E-state index < -0.39 is 6.10 Å². The van der Waals surface area contributed by atoms with E-state index in [1.807, 2.05) is 0 Å². The third-order valence-corrected chi connectivity index (χ3v) is 1.76. The summed E-state index contributed by atoms with van der Waals surface area (Å²) in [5.74, 6) is -0.311. The van der Waals surface area contributed by atoms with E-state index in [1.165, 1.54) is 6.20 Å². The fraction of sp³-hybridized carbons (Fsp3) is 0.429. The van der Waals surface area contributed by atoms with E-state index in [0.717, 1.165) is 5.06 Å². The number of β-amino-alcohol motifs (C(OH)–C–C–N with tert-alkyl or cyclic N) is 1. The minimum atomic E-state index is -0.591. The number of hydrogen-bond acceptors (Lipinski definition) is 4. The Kier molecular flexibility index (Phi) is 1.99. The quantitative estimate of drug-likeness (QED) is 0.595. The average molecular weight is 183 g/mol. The Hall–Kier alpha value is -1.40. The molecule has 0 radical (unpaired) electrons. The third-order valence-electron chi connectivity index (χ3n) is 1.76. The second-order valence-electron chi connectivity index (χ2n) is 2.79. The lowest BCUT2D eigenvalue weighted by molar-refractivity contribution is -0.0783. The van der Waals surface area contributed by atoms with Crippen molar-refractivity contribution in [1.82, 2.24) is 15.3 Å². The number of aliphatic hydroxyl groups is 1. The molecule has 13 heavy (non-hydrogen) atoms. The number of hydrogen-bond donors (Lipinski definition) is 2. The van der Waals surface area contributed by atoms with Crippen LogP contribution in [0.15, 0.2) is 12.3 Å². The summed E-state index contributed by atoms with van der Waals surface area (Å²) >= 11 is 0. The van der Waals surface area contributed by atoms with Gasteiger partial charge in [0, 0.05) is 6.20 Å². The number of aliphatic hydroxyl groups excluding tert-OH is 1. The molecule has 0 unspecified atom stereocenters. The van der Waals surface area contributed by atoms with Gasteiger partial charge in [0.25, 0.3) is 5.91 Å². The highest BCUT2D eigenvalue weighted by Crippen LogP contribution is 2.09. The molecule has 0 saturated carbocycles. The molecule has 0 spiro atoms. The van der Waals surface area contributed by atoms with Crippen molar-refractivity contribution in [3.8, 4) is 0 Å². The molecule has 1 fully saturated rings. The molecule has 1 aliphatic rings. The van der Waals surface area contributed by atoms with Crippen molar-refractivity contribution >= 4 is 5.91 Å². The van der Waals surface area contributed by atoms with Gasteiger partial charge in [-0.2, -0.15) is 5.10 Å². The molecule has 1 aromatic rings. The number of amides is 1. The van der Waals surface area contributed by atoms with Crippen LogP contribution < -0.4 is 0 Å². The van der Waals surface area contributed by atoms with Crippen molar-refractivity contribution < 1.29 is 14.7 Å². The Morgan fingerprint density at radius 2 is 2.69 bits per heavy atom. The summed E-state index contributed by atoms with van der Waals surface area (Å²) in [7, 11) is 0. The summed E-state index contributed by atoms with van der Waals surface area (Å²) in [6.07, 6.45) is 0.895. The van der Waals surface area contributed by atoms with Crippen LogP contribution in [-0.4, -0.2) is 45.5 Å². The van der Waals surface area contributed by atoms with E-state index in [1.54, 1.807) is 6.07 Å². The summed E-state index contributed by atoms with van der Waals surface area (Å²) in [6, 6.07) is 1.55. The van der Waals surface area contributed by atoms with Gasteiger partial charge in [-0.15, -0.1) is 0 Å². The number of nitrogens with zero attached hydrogens (tertiary/aromatic N) is 2. The lowest BCUT2D eigenvalue weighted by Crippen LogP contribution is -2.28. The molecule has 1 aliphatic heterocycles. The first-order valence-corrected chi connectivity index (χ1v) is 3.89. The first-order valence-electron chi connectivity index (χ1n) is 3.89. The van der Waals surface area contributed by atoms with Crippen LogP contribution >= 0.6 is 0 Å². The minimum absolute atomic E-state index is 0.167. The van der Waals surface area contributed by atoms with Gasteiger partial charge in [0.1, 0.15) is 18.4 Å². The Morgan fingerprint density at radius 3 is 3.23 bits per heavy atom. The molecular weight excluding hydrogens is 174 g/mol. The van der Waals surface area contributed by atoms with Gasteiger partial charge < -0.3 is 5.11 Å². The van der Waals surface area contributed by atoms with Crippen LogP contribution in [0.1, 0.15) is 10.5 Å². The zero-order chi connectivity index (χ0) is 9.26. The van der Waals surface area contributed by atoms with E-state index >= 15 is 0 Å². The molecule has 6 nitrogen and oxygen atoms in total. The molecule has 1 amide bonds. The number of aromatic nitrogens is 2. The van der Waals surface area contributed by atoms with Crippen LogP contribution in [0.5, 0.6) is 0 Å². The molecule has 0 bridgehead atoms. The maximum absolute atomic E-state index is 11.5. The van der Waals surface area contributed by atoms with Crippen molar-refractivity contribution in [3.63, 3.8) is 0 Å². The number of nitrogens with one attached hydrogen (secondary N) is 1. The Labute approximate surface area is 74.1 Å². The average Bonchev–Trinajstić information content (AvgIpc) is 2.72. The van der Waals surface area contributed by atoms with Crippen LogP contribution in [0, 0.1) is 0 Å². The van der Waals surface area contributed by atoms with Crippen molar-refractivity contribution in [2.24, 2.45) is 0 Å². The summed E-state index contributed by atoms with van der Waals surface area (Å²) in [6.45, 7) is 0.373. The Balaban J connectivity index is 2.06. The number of hydroxylamine groups is 2. The number of carbonyl (C=O) groups excluding carboxylic acids is 1. The molecule has 1 saturated heterocycles. The lowest BCUT2D eigenvalue weighted by Gasteiger charge is -2.11. The number of carbonyl (C=O) groups is 1. The van der Waals surface area contributed by atoms with E-state index in [-0.39, 0.29) is 19.1 Å². The van der Waals surface area contributed by atoms with Gasteiger partial charge in [0.15, 0.2) is 0 Å². The predicted molar refractivity (Wildman–Crippen MR) is 41.6 cm³/mol. The fourth-order valence-corrected chi connectivity index (χ4v) is 1.12. The molecular formula is C7H9N3O3. The fourth-order valence-electron chi connectivity index (χ4n) is 1.12. The van der Waals surface area contributed by atoms with Crippen LogP contribution in [0.4, 0.5) is 0 Å². The second kappa shape index (κ2) is 3.15. The maximum atomic E-state index is 11.5. The second-order valence-corrected chi connectivity index (χ2v) is 2.79. The van der Waals surface area contributed by atoms with Crippen LogP contribution in [0.3, 0.4) is 0 Å². The standard InChI is InChI=1S/C7H9N3O3/c11-5-3-10(13-4-5)7(12)6-1-2-8-9-6/h1-2,5,11H,3-4H2,(H,8,9)/t5-/m1/s1. The molecule has 1 aromatic heterocycles. The molecule has 2 heterocycles. The van der Waals surface area contributed by atoms with Crippen molar-refractivity contribution in [2.75, 3.05) is 13.2 Å². The predicted octanol–water partition coefficient (Wildman–Crippen LogP) is -0.842. The highest BCUT2D eigenvalue weighted by atomic mass is 16.7. The van der Waals surface area contributed by atoms with E-state index in [9.17, 15) is 4.79 Å². The van der Waals surface area contributed by atoms with Gasteiger partial charge in [-0.25, -0.2) is 5.06 Å². The van der Waals surface area contributed by atoms with E-state index in [4.69, 9.17) is 9.94 Å². The van der Waals surface area contributed by atoms with Gasteiger partial charge in [0.2, 0.25) is 0 Å². The number of H-pyrrole nitrogens is 1. The van der Waals surface area contributed by atoms with Crippen LogP contribution in [0.2, 0.25) is 0 Å². The summed E-state index contributed by atoms with van der Waals surface area (Å²) < 4.78 is 0. The summed E-state index contributed by atoms with van der Waals surface area (Å²) in [5, 5.41) is 16.4. The topological polar surface area (TPSA) is 78.5 Å². The van der Waals surface area contributed by atoms with Crippen molar-refractivity contribution in [3.05, 3.63) is 18.0 Å². The van der Waals surface area contributed by atoms with Gasteiger partial charge in [-0.3, -0.25) is 14.7 Å². The minimum Gasteiger partial charge on any atom is -0.389 e. The molecule has 0 aromatic carbocycles. The number of aromatic amines is 1. The highest BCUT2D eigenvalue weighted by Gasteiger charge is 2.27. The van der Waals surface area contributed by atoms with Gasteiger partial charge in [-0.1, -0.05) is 0 Å². The van der Waals surface area contributed by atoms with Crippen molar-refractivity contribution in [1.29, 1.82) is 0 Å². The molecule has 6 heteroatoms.